The maximum atomic E-state index is 13.1. The first-order chi connectivity index (χ1) is 5.65. The van der Waals surface area contributed by atoms with Crippen LogP contribution in [0.2, 0.25) is 0 Å². The van der Waals surface area contributed by atoms with Crippen LogP contribution in [0.25, 0.3) is 0 Å². The van der Waals surface area contributed by atoms with Crippen LogP contribution in [0, 0.1) is 5.82 Å². The average molecular weight is 233 g/mol. The van der Waals surface area contributed by atoms with Crippen LogP contribution in [0.1, 0.15) is 11.6 Å². The van der Waals surface area contributed by atoms with Crippen LogP contribution in [-0.4, -0.2) is 6.54 Å². The highest BCUT2D eigenvalue weighted by Gasteiger charge is 2.08. The summed E-state index contributed by atoms with van der Waals surface area (Å²) in [5.41, 5.74) is 11.3. The number of rotatable bonds is 2. The van der Waals surface area contributed by atoms with Crippen LogP contribution < -0.4 is 11.5 Å². The van der Waals surface area contributed by atoms with Gasteiger partial charge in [-0.25, -0.2) is 4.39 Å². The smallest absolute Gasteiger partial charge is 0.129 e. The quantitative estimate of drug-likeness (QED) is 0.814. The minimum absolute atomic E-state index is 0.249. The lowest BCUT2D eigenvalue weighted by molar-refractivity contribution is 0.583. The number of halogens is 2. The molecule has 1 rings (SSSR count). The third kappa shape index (κ3) is 2.03. The van der Waals surface area contributed by atoms with Crippen LogP contribution in [0.5, 0.6) is 0 Å². The first kappa shape index (κ1) is 9.64. The van der Waals surface area contributed by atoms with E-state index in [2.05, 4.69) is 15.9 Å². The molecule has 66 valence electrons. The number of nitrogens with two attached hydrogens (primary N) is 2. The Labute approximate surface area is 78.9 Å². The molecule has 0 aliphatic rings. The zero-order valence-electron chi connectivity index (χ0n) is 6.43. The SMILES string of the molecule is NCC(N)c1ccc(Br)cc1F. The number of hydrogen-bond acceptors (Lipinski definition) is 2. The molecule has 1 unspecified atom stereocenters. The minimum Gasteiger partial charge on any atom is -0.329 e. The molecule has 0 bridgehead atoms. The maximum Gasteiger partial charge on any atom is 0.129 e. The summed E-state index contributed by atoms with van der Waals surface area (Å²) >= 11 is 3.16. The Morgan fingerprint density at radius 1 is 1.50 bits per heavy atom. The second kappa shape index (κ2) is 3.98. The molecule has 0 spiro atoms. The van der Waals surface area contributed by atoms with E-state index in [1.54, 1.807) is 12.1 Å². The van der Waals surface area contributed by atoms with Gasteiger partial charge in [0.2, 0.25) is 0 Å². The monoisotopic (exact) mass is 232 g/mol. The van der Waals surface area contributed by atoms with Crippen molar-refractivity contribution in [1.29, 1.82) is 0 Å². The Bertz CT molecular complexity index is 278. The Morgan fingerprint density at radius 3 is 2.67 bits per heavy atom. The lowest BCUT2D eigenvalue weighted by Crippen LogP contribution is -2.21. The van der Waals surface area contributed by atoms with E-state index in [9.17, 15) is 4.39 Å². The summed E-state index contributed by atoms with van der Waals surface area (Å²) in [4.78, 5) is 0. The van der Waals surface area contributed by atoms with Gasteiger partial charge in [0.25, 0.3) is 0 Å². The van der Waals surface area contributed by atoms with Crippen molar-refractivity contribution in [2.75, 3.05) is 6.54 Å². The van der Waals surface area contributed by atoms with Crippen molar-refractivity contribution in [3.8, 4) is 0 Å². The summed E-state index contributed by atoms with van der Waals surface area (Å²) in [5, 5.41) is 0. The maximum absolute atomic E-state index is 13.1. The lowest BCUT2D eigenvalue weighted by Gasteiger charge is -2.09. The summed E-state index contributed by atoms with van der Waals surface area (Å²) < 4.78 is 13.8. The molecular formula is C8H10BrFN2. The highest BCUT2D eigenvalue weighted by Crippen LogP contribution is 2.18. The van der Waals surface area contributed by atoms with Crippen molar-refractivity contribution in [2.24, 2.45) is 11.5 Å². The Morgan fingerprint density at radius 2 is 2.17 bits per heavy atom. The highest BCUT2D eigenvalue weighted by atomic mass is 79.9. The van der Waals surface area contributed by atoms with E-state index in [1.165, 1.54) is 6.07 Å². The van der Waals surface area contributed by atoms with Gasteiger partial charge in [-0.15, -0.1) is 0 Å². The first-order valence-electron chi connectivity index (χ1n) is 3.55. The third-order valence-corrected chi connectivity index (χ3v) is 2.11. The van der Waals surface area contributed by atoms with Gasteiger partial charge in [-0.1, -0.05) is 22.0 Å². The van der Waals surface area contributed by atoms with Gasteiger partial charge in [-0.3, -0.25) is 0 Å². The van der Waals surface area contributed by atoms with Crippen molar-refractivity contribution in [3.05, 3.63) is 34.1 Å². The summed E-state index contributed by atoms with van der Waals surface area (Å²) in [5.74, 6) is -0.317. The van der Waals surface area contributed by atoms with Crippen LogP contribution in [0.15, 0.2) is 22.7 Å². The van der Waals surface area contributed by atoms with E-state index >= 15 is 0 Å². The lowest BCUT2D eigenvalue weighted by atomic mass is 10.1. The van der Waals surface area contributed by atoms with Gasteiger partial charge >= 0.3 is 0 Å². The van der Waals surface area contributed by atoms with E-state index in [0.29, 0.717) is 10.0 Å². The molecule has 1 aromatic rings. The van der Waals surface area contributed by atoms with Crippen LogP contribution in [0.4, 0.5) is 4.39 Å². The fourth-order valence-electron chi connectivity index (χ4n) is 0.929. The molecule has 12 heavy (non-hydrogen) atoms. The topological polar surface area (TPSA) is 52.0 Å². The van der Waals surface area contributed by atoms with Gasteiger partial charge in [-0.05, 0) is 12.1 Å². The number of benzene rings is 1. The van der Waals surface area contributed by atoms with E-state index in [1.807, 2.05) is 0 Å². The van der Waals surface area contributed by atoms with E-state index in [0.717, 1.165) is 0 Å². The fourth-order valence-corrected chi connectivity index (χ4v) is 1.26. The average Bonchev–Trinajstić information content (AvgIpc) is 2.03. The molecule has 4 heteroatoms. The van der Waals surface area contributed by atoms with Crippen LogP contribution in [-0.2, 0) is 0 Å². The Hall–Kier alpha value is -0.450. The number of hydrogen-bond donors (Lipinski definition) is 2. The first-order valence-corrected chi connectivity index (χ1v) is 4.35. The summed E-state index contributed by atoms with van der Waals surface area (Å²) in [6.45, 7) is 0.249. The normalized spacial score (nSPS) is 13.0. The van der Waals surface area contributed by atoms with Crippen molar-refractivity contribution < 1.29 is 4.39 Å². The fraction of sp³-hybridized carbons (Fsp3) is 0.250. The molecule has 0 aliphatic carbocycles. The molecule has 0 saturated heterocycles. The van der Waals surface area contributed by atoms with Crippen LogP contribution in [0.3, 0.4) is 0 Å². The van der Waals surface area contributed by atoms with Crippen molar-refractivity contribution in [2.45, 2.75) is 6.04 Å². The second-order valence-electron chi connectivity index (χ2n) is 2.51. The van der Waals surface area contributed by atoms with Gasteiger partial charge in [0, 0.05) is 22.6 Å². The molecule has 0 heterocycles. The second-order valence-corrected chi connectivity index (χ2v) is 3.42. The zero-order chi connectivity index (χ0) is 9.14. The molecule has 0 aromatic heterocycles. The minimum atomic E-state index is -0.418. The summed E-state index contributed by atoms with van der Waals surface area (Å²) in [6.07, 6.45) is 0. The molecule has 2 nitrogen and oxygen atoms in total. The van der Waals surface area contributed by atoms with Crippen molar-refractivity contribution >= 4 is 15.9 Å². The predicted octanol–water partition coefficient (Wildman–Crippen LogP) is 1.55. The van der Waals surface area contributed by atoms with Crippen LogP contribution >= 0.6 is 15.9 Å². The predicted molar refractivity (Wildman–Crippen MR) is 50.1 cm³/mol. The molecular weight excluding hydrogens is 223 g/mol. The van der Waals surface area contributed by atoms with Gasteiger partial charge in [0.1, 0.15) is 5.82 Å². The van der Waals surface area contributed by atoms with E-state index in [4.69, 9.17) is 11.5 Å². The van der Waals surface area contributed by atoms with Gasteiger partial charge in [0.05, 0.1) is 0 Å². The van der Waals surface area contributed by atoms with E-state index in [-0.39, 0.29) is 12.4 Å². The van der Waals surface area contributed by atoms with Crippen molar-refractivity contribution in [1.82, 2.24) is 0 Å². The van der Waals surface area contributed by atoms with Gasteiger partial charge in [-0.2, -0.15) is 0 Å². The molecule has 0 aliphatic heterocycles. The molecule has 1 aromatic carbocycles. The molecule has 4 N–H and O–H groups in total. The van der Waals surface area contributed by atoms with E-state index < -0.39 is 6.04 Å². The molecule has 0 saturated carbocycles. The van der Waals surface area contributed by atoms with Crippen molar-refractivity contribution in [3.63, 3.8) is 0 Å². The zero-order valence-corrected chi connectivity index (χ0v) is 8.01. The molecule has 1 atom stereocenters. The van der Waals surface area contributed by atoms with Gasteiger partial charge < -0.3 is 11.5 Å². The molecule has 0 amide bonds. The summed E-state index contributed by atoms with van der Waals surface area (Å²) in [6, 6.07) is 4.34. The standard InChI is InChI=1S/C8H10BrFN2/c9-5-1-2-6(7(10)3-5)8(12)4-11/h1-3,8H,4,11-12H2. The summed E-state index contributed by atoms with van der Waals surface area (Å²) in [7, 11) is 0. The third-order valence-electron chi connectivity index (χ3n) is 1.62. The molecule has 0 fully saturated rings. The molecule has 0 radical (unpaired) electrons. The highest BCUT2D eigenvalue weighted by molar-refractivity contribution is 9.10. The Kier molecular flexibility index (Phi) is 3.20. The Balaban J connectivity index is 3.01. The largest absolute Gasteiger partial charge is 0.329 e. The van der Waals surface area contributed by atoms with Gasteiger partial charge in [0.15, 0.2) is 0 Å².